The summed E-state index contributed by atoms with van der Waals surface area (Å²) in [5, 5.41) is 6.65. The molecule has 6 aliphatic rings. The number of likely N-dealkylation sites (N-methyl/N-ethyl adjacent to an activating group) is 2. The third-order valence-electron chi connectivity index (χ3n) is 10.9. The number of fused-ring (bicyclic) bond motifs is 2. The van der Waals surface area contributed by atoms with Crippen molar-refractivity contribution >= 4 is 27.7 Å². The van der Waals surface area contributed by atoms with Crippen molar-refractivity contribution in [1.82, 2.24) is 20.4 Å². The van der Waals surface area contributed by atoms with Crippen molar-refractivity contribution in [1.29, 1.82) is 0 Å². The molecule has 1 heterocycles. The maximum absolute atomic E-state index is 13.2. The van der Waals surface area contributed by atoms with E-state index in [1.165, 1.54) is 47.7 Å². The fraction of sp³-hybridized carbons (Fsp3) is 0.742. The lowest BCUT2D eigenvalue weighted by molar-refractivity contribution is -0.130. The van der Waals surface area contributed by atoms with E-state index in [2.05, 4.69) is 49.7 Å². The number of likely N-dealkylation sites (tertiary alicyclic amines) is 1. The summed E-state index contributed by atoms with van der Waals surface area (Å²) in [5.41, 5.74) is 2.87. The molecule has 0 aromatic heterocycles. The highest BCUT2D eigenvalue weighted by molar-refractivity contribution is 9.10. The predicted octanol–water partition coefficient (Wildman–Crippen LogP) is 4.28. The molecule has 7 heteroatoms. The van der Waals surface area contributed by atoms with Crippen LogP contribution in [0.4, 0.5) is 0 Å². The first-order valence-electron chi connectivity index (χ1n) is 15.0. The van der Waals surface area contributed by atoms with E-state index in [0.717, 1.165) is 69.1 Å². The van der Waals surface area contributed by atoms with Crippen LogP contribution in [0.5, 0.6) is 0 Å². The number of hydrogen-bond acceptors (Lipinski definition) is 4. The summed E-state index contributed by atoms with van der Waals surface area (Å²) in [7, 11) is 3.84. The Labute approximate surface area is 236 Å². The van der Waals surface area contributed by atoms with Gasteiger partial charge in [0.2, 0.25) is 11.8 Å². The Kier molecular flexibility index (Phi) is 7.64. The lowest BCUT2D eigenvalue weighted by Gasteiger charge is -2.54. The van der Waals surface area contributed by atoms with E-state index >= 15 is 0 Å². The Morgan fingerprint density at radius 2 is 1.76 bits per heavy atom. The molecule has 6 nitrogen and oxygen atoms in total. The smallest absolute Gasteiger partial charge is 0.234 e. The van der Waals surface area contributed by atoms with E-state index < -0.39 is 0 Å². The highest BCUT2D eigenvalue weighted by Gasteiger charge is 2.49. The summed E-state index contributed by atoms with van der Waals surface area (Å²) in [5.74, 6) is 4.05. The fourth-order valence-corrected chi connectivity index (χ4v) is 10.1. The van der Waals surface area contributed by atoms with Gasteiger partial charge >= 0.3 is 0 Å². The van der Waals surface area contributed by atoms with Crippen molar-refractivity contribution in [3.63, 3.8) is 0 Å². The lowest BCUT2D eigenvalue weighted by Crippen LogP contribution is -2.57. The Hall–Kier alpha value is -1.44. The van der Waals surface area contributed by atoms with Crippen LogP contribution in [0.2, 0.25) is 0 Å². The molecule has 5 aliphatic carbocycles. The Bertz CT molecular complexity index is 1020. The number of nitrogens with zero attached hydrogens (tertiary/aromatic N) is 2. The van der Waals surface area contributed by atoms with Crippen LogP contribution in [-0.4, -0.2) is 74.5 Å². The number of hydrogen-bond donors (Lipinski definition) is 2. The summed E-state index contributed by atoms with van der Waals surface area (Å²) < 4.78 is 1.18. The van der Waals surface area contributed by atoms with Gasteiger partial charge in [-0.15, -0.1) is 0 Å². The first-order chi connectivity index (χ1) is 18.3. The molecule has 208 valence electrons. The van der Waals surface area contributed by atoms with Crippen LogP contribution in [0.3, 0.4) is 0 Å². The second kappa shape index (κ2) is 10.9. The monoisotopic (exact) mass is 584 g/mol. The number of halogens is 1. The van der Waals surface area contributed by atoms with Crippen molar-refractivity contribution in [2.45, 2.75) is 75.2 Å². The minimum Gasteiger partial charge on any atom is -0.352 e. The van der Waals surface area contributed by atoms with Crippen LogP contribution in [0.25, 0.3) is 0 Å². The van der Waals surface area contributed by atoms with Gasteiger partial charge in [0.1, 0.15) is 0 Å². The summed E-state index contributed by atoms with van der Waals surface area (Å²) in [6.07, 6.45) is 10.5. The van der Waals surface area contributed by atoms with Crippen LogP contribution in [0, 0.1) is 23.7 Å². The molecule has 1 aromatic carbocycles. The SMILES string of the molecule is CNCCN(C)C(=O)CC1CC2(CCN(CC(=O)NC3C4CC5CC(C4)CC3C5)CC2)c2c(Br)cccc21. The van der Waals surface area contributed by atoms with Gasteiger partial charge in [-0.05, 0) is 124 Å². The van der Waals surface area contributed by atoms with Crippen molar-refractivity contribution in [3.05, 3.63) is 33.8 Å². The van der Waals surface area contributed by atoms with E-state index in [-0.39, 0.29) is 23.1 Å². The molecule has 1 spiro atoms. The summed E-state index contributed by atoms with van der Waals surface area (Å²) in [4.78, 5) is 30.4. The zero-order valence-corrected chi connectivity index (χ0v) is 24.8. The number of nitrogens with one attached hydrogen (secondary N) is 2. The Balaban J connectivity index is 1.07. The van der Waals surface area contributed by atoms with Gasteiger partial charge in [-0.25, -0.2) is 0 Å². The molecule has 1 aliphatic heterocycles. The zero-order valence-electron chi connectivity index (χ0n) is 23.2. The highest BCUT2D eigenvalue weighted by Crippen LogP contribution is 2.55. The second-order valence-electron chi connectivity index (χ2n) is 13.3. The molecule has 38 heavy (non-hydrogen) atoms. The molecule has 0 radical (unpaired) electrons. The van der Waals surface area contributed by atoms with Crippen molar-refractivity contribution in [3.8, 4) is 0 Å². The summed E-state index contributed by atoms with van der Waals surface area (Å²) in [6.45, 7) is 3.96. The van der Waals surface area contributed by atoms with Crippen LogP contribution in [0.1, 0.15) is 74.8 Å². The summed E-state index contributed by atoms with van der Waals surface area (Å²) in [6, 6.07) is 6.95. The lowest BCUT2D eigenvalue weighted by atomic mass is 9.54. The van der Waals surface area contributed by atoms with Gasteiger partial charge in [0.15, 0.2) is 0 Å². The molecule has 4 bridgehead atoms. The number of rotatable bonds is 8. The first kappa shape index (κ1) is 26.8. The van der Waals surface area contributed by atoms with Gasteiger partial charge in [-0.2, -0.15) is 0 Å². The number of amides is 2. The topological polar surface area (TPSA) is 64.7 Å². The van der Waals surface area contributed by atoms with Gasteiger partial charge < -0.3 is 15.5 Å². The molecule has 2 amide bonds. The van der Waals surface area contributed by atoms with E-state index in [4.69, 9.17) is 0 Å². The van der Waals surface area contributed by atoms with Crippen LogP contribution in [-0.2, 0) is 15.0 Å². The van der Waals surface area contributed by atoms with Crippen LogP contribution in [0.15, 0.2) is 22.7 Å². The number of benzene rings is 1. The van der Waals surface area contributed by atoms with Gasteiger partial charge in [-0.3, -0.25) is 14.5 Å². The van der Waals surface area contributed by atoms with Crippen molar-refractivity contribution in [2.24, 2.45) is 23.7 Å². The van der Waals surface area contributed by atoms with Crippen LogP contribution < -0.4 is 10.6 Å². The second-order valence-corrected chi connectivity index (χ2v) is 14.2. The minimum absolute atomic E-state index is 0.0956. The number of piperidine rings is 1. The number of carbonyl (C=O) groups is 2. The van der Waals surface area contributed by atoms with Gasteiger partial charge in [0.25, 0.3) is 0 Å². The highest BCUT2D eigenvalue weighted by atomic mass is 79.9. The number of carbonyl (C=O) groups excluding carboxylic acids is 2. The molecular formula is C31H45BrN4O2. The molecule has 1 atom stereocenters. The Morgan fingerprint density at radius 3 is 2.42 bits per heavy atom. The molecule has 4 saturated carbocycles. The molecule has 7 rings (SSSR count). The fourth-order valence-electron chi connectivity index (χ4n) is 9.27. The van der Waals surface area contributed by atoms with Gasteiger partial charge in [0.05, 0.1) is 6.54 Å². The minimum atomic E-state index is 0.0956. The molecule has 1 saturated heterocycles. The summed E-state index contributed by atoms with van der Waals surface area (Å²) >= 11 is 3.87. The maximum Gasteiger partial charge on any atom is 0.234 e. The third-order valence-corrected chi connectivity index (χ3v) is 11.6. The molecule has 2 N–H and O–H groups in total. The van der Waals surface area contributed by atoms with E-state index in [1.54, 1.807) is 0 Å². The molecule has 1 aromatic rings. The quantitative estimate of drug-likeness (QED) is 0.478. The normalized spacial score (nSPS) is 32.9. The van der Waals surface area contributed by atoms with E-state index in [0.29, 0.717) is 19.0 Å². The van der Waals surface area contributed by atoms with Gasteiger partial charge in [0, 0.05) is 37.1 Å². The average Bonchev–Trinajstić information content (AvgIpc) is 3.19. The van der Waals surface area contributed by atoms with Gasteiger partial charge in [-0.1, -0.05) is 28.1 Å². The van der Waals surface area contributed by atoms with Crippen molar-refractivity contribution in [2.75, 3.05) is 46.8 Å². The van der Waals surface area contributed by atoms with Crippen LogP contribution >= 0.6 is 15.9 Å². The maximum atomic E-state index is 13.2. The zero-order chi connectivity index (χ0) is 26.4. The standard InChI is InChI=1S/C31H45BrN4O2/c1-33-8-11-35(2)28(38)17-24-18-31(29-25(24)4-3-5-26(29)32)6-9-36(10-7-31)19-27(37)34-30-22-13-20-12-21(15-22)16-23(30)14-20/h3-5,20-24,30,33H,6-19H2,1-2H3,(H,34,37). The average molecular weight is 586 g/mol. The molecule has 1 unspecified atom stereocenters. The molecular weight excluding hydrogens is 540 g/mol. The van der Waals surface area contributed by atoms with E-state index in [9.17, 15) is 9.59 Å². The molecule has 5 fully saturated rings. The first-order valence-corrected chi connectivity index (χ1v) is 15.8. The van der Waals surface area contributed by atoms with E-state index in [1.807, 2.05) is 19.0 Å². The predicted molar refractivity (Wildman–Crippen MR) is 154 cm³/mol. The van der Waals surface area contributed by atoms with Crippen molar-refractivity contribution < 1.29 is 9.59 Å². The largest absolute Gasteiger partial charge is 0.352 e. The Morgan fingerprint density at radius 1 is 1.08 bits per heavy atom. The third kappa shape index (κ3) is 5.08.